The number of rotatable bonds is 11. The summed E-state index contributed by atoms with van der Waals surface area (Å²) in [6.07, 6.45) is 1.17. The van der Waals surface area contributed by atoms with Crippen LogP contribution in [-0.2, 0) is 34.2 Å². The number of amides is 1. The van der Waals surface area contributed by atoms with Crippen LogP contribution in [0.3, 0.4) is 0 Å². The molecule has 0 aliphatic carbocycles. The van der Waals surface area contributed by atoms with Crippen LogP contribution in [0.15, 0.2) is 89.8 Å². The summed E-state index contributed by atoms with van der Waals surface area (Å²) in [6.45, 7) is 8.81. The number of aromatic nitrogens is 3. The number of carbonyl (C=O) groups is 1. The van der Waals surface area contributed by atoms with Crippen molar-refractivity contribution >= 4 is 27.1 Å². The summed E-state index contributed by atoms with van der Waals surface area (Å²) < 4.78 is 36.7. The zero-order valence-electron chi connectivity index (χ0n) is 24.9. The third kappa shape index (κ3) is 6.62. The quantitative estimate of drug-likeness (QED) is 0.194. The second-order valence-corrected chi connectivity index (χ2v) is 12.3. The lowest BCUT2D eigenvalue weighted by molar-refractivity contribution is -0.126. The van der Waals surface area contributed by atoms with Gasteiger partial charge in [0.15, 0.2) is 5.65 Å². The number of benzene rings is 3. The molecule has 1 amide bonds. The number of imidazole rings is 1. The molecule has 0 saturated carbocycles. The number of carbonyl (C=O) groups excluding carboxylic acids is 1. The molecule has 5 rings (SSSR count). The maximum Gasteiger partial charge on any atom is 0.279 e. The van der Waals surface area contributed by atoms with Crippen LogP contribution in [0.2, 0.25) is 0 Å². The molecule has 0 saturated heterocycles. The van der Waals surface area contributed by atoms with Crippen molar-refractivity contribution in [1.29, 1.82) is 0 Å². The third-order valence-corrected chi connectivity index (χ3v) is 8.64. The second kappa shape index (κ2) is 12.8. The van der Waals surface area contributed by atoms with Gasteiger partial charge in [0.1, 0.15) is 17.1 Å². The Balaban J connectivity index is 1.48. The van der Waals surface area contributed by atoms with E-state index in [1.54, 1.807) is 42.5 Å². The second-order valence-electron chi connectivity index (χ2n) is 10.6. The van der Waals surface area contributed by atoms with E-state index in [2.05, 4.69) is 42.2 Å². The number of sulfonamides is 1. The molecule has 0 spiro atoms. The molecule has 9 heteroatoms. The molecule has 0 fully saturated rings. The van der Waals surface area contributed by atoms with Crippen LogP contribution in [0.5, 0.6) is 5.75 Å². The summed E-state index contributed by atoms with van der Waals surface area (Å²) >= 11 is 0. The Morgan fingerprint density at radius 1 is 0.930 bits per heavy atom. The van der Waals surface area contributed by atoms with Gasteiger partial charge < -0.3 is 9.30 Å². The standard InChI is InChI=1S/C34H36N4O4S/c1-5-13-27-21-25(22-38-30(6-2)36-31-23(3)20-24(4)35-33(31)38)18-19-29(27)42-32(26-14-9-7-10-15-26)34(39)37-43(40,41)28-16-11-8-12-17-28/h7-12,14-21,32H,5-6,13,22H2,1-4H3,(H,37,39). The molecule has 2 heterocycles. The predicted octanol–water partition coefficient (Wildman–Crippen LogP) is 6.24. The first-order chi connectivity index (χ1) is 20.7. The van der Waals surface area contributed by atoms with Gasteiger partial charge in [-0.2, -0.15) is 0 Å². The largest absolute Gasteiger partial charge is 0.476 e. The Bertz CT molecular complexity index is 1850. The lowest BCUT2D eigenvalue weighted by Gasteiger charge is -2.21. The Hall–Kier alpha value is -4.50. The van der Waals surface area contributed by atoms with E-state index in [9.17, 15) is 13.2 Å². The molecule has 0 aliphatic rings. The van der Waals surface area contributed by atoms with Crippen molar-refractivity contribution in [3.05, 3.63) is 119 Å². The van der Waals surface area contributed by atoms with Crippen LogP contribution >= 0.6 is 0 Å². The van der Waals surface area contributed by atoms with Gasteiger partial charge in [0.25, 0.3) is 15.9 Å². The van der Waals surface area contributed by atoms with Crippen LogP contribution in [0.25, 0.3) is 11.2 Å². The van der Waals surface area contributed by atoms with E-state index in [1.165, 1.54) is 12.1 Å². The zero-order valence-corrected chi connectivity index (χ0v) is 25.7. The van der Waals surface area contributed by atoms with Gasteiger partial charge in [-0.1, -0.05) is 80.9 Å². The van der Waals surface area contributed by atoms with Gasteiger partial charge in [-0.15, -0.1) is 0 Å². The zero-order chi connectivity index (χ0) is 30.6. The fraction of sp³-hybridized carbons (Fsp3) is 0.265. The van der Waals surface area contributed by atoms with Gasteiger partial charge >= 0.3 is 0 Å². The van der Waals surface area contributed by atoms with Crippen molar-refractivity contribution in [3.8, 4) is 5.75 Å². The van der Waals surface area contributed by atoms with Crippen LogP contribution in [0, 0.1) is 13.8 Å². The summed E-state index contributed by atoms with van der Waals surface area (Å²) in [5.74, 6) is 0.729. The molecule has 2 aromatic heterocycles. The molecule has 0 aliphatic heterocycles. The average molecular weight is 597 g/mol. The Labute approximate surface area is 252 Å². The third-order valence-electron chi connectivity index (χ3n) is 7.28. The van der Waals surface area contributed by atoms with Crippen molar-refractivity contribution in [1.82, 2.24) is 19.3 Å². The van der Waals surface area contributed by atoms with E-state index in [-0.39, 0.29) is 4.90 Å². The summed E-state index contributed by atoms with van der Waals surface area (Å²) in [7, 11) is -4.09. The normalized spacial score (nSPS) is 12.3. The van der Waals surface area contributed by atoms with E-state index < -0.39 is 22.0 Å². The van der Waals surface area contributed by atoms with E-state index in [0.29, 0.717) is 17.9 Å². The number of hydrogen-bond donors (Lipinski definition) is 1. The minimum Gasteiger partial charge on any atom is -0.476 e. The number of nitrogens with zero attached hydrogens (tertiary/aromatic N) is 3. The van der Waals surface area contributed by atoms with Gasteiger partial charge in [0.05, 0.1) is 11.4 Å². The maximum absolute atomic E-state index is 13.5. The molecular formula is C34H36N4O4S. The fourth-order valence-corrected chi connectivity index (χ4v) is 6.26. The number of hydrogen-bond acceptors (Lipinski definition) is 6. The lowest BCUT2D eigenvalue weighted by atomic mass is 10.0. The number of fused-ring (bicyclic) bond motifs is 1. The SMILES string of the molecule is CCCc1cc(Cn2c(CC)nc3c(C)cc(C)nc32)ccc1OC(C(=O)NS(=O)(=O)c1ccccc1)c1ccccc1. The van der Waals surface area contributed by atoms with Crippen molar-refractivity contribution < 1.29 is 17.9 Å². The van der Waals surface area contributed by atoms with Crippen LogP contribution in [0.4, 0.5) is 0 Å². The topological polar surface area (TPSA) is 103 Å². The fourth-order valence-electron chi connectivity index (χ4n) is 5.25. The molecule has 5 aromatic rings. The van der Waals surface area contributed by atoms with Gasteiger partial charge in [-0.25, -0.2) is 23.1 Å². The molecule has 0 bridgehead atoms. The molecule has 8 nitrogen and oxygen atoms in total. The number of pyridine rings is 1. The van der Waals surface area contributed by atoms with Gasteiger partial charge in [-0.05, 0) is 61.2 Å². The maximum atomic E-state index is 13.5. The molecule has 1 unspecified atom stereocenters. The molecule has 43 heavy (non-hydrogen) atoms. The summed E-state index contributed by atoms with van der Waals surface area (Å²) in [5, 5.41) is 0. The van der Waals surface area contributed by atoms with Crippen molar-refractivity contribution in [2.24, 2.45) is 0 Å². The highest BCUT2D eigenvalue weighted by atomic mass is 32.2. The molecule has 1 atom stereocenters. The highest BCUT2D eigenvalue weighted by Crippen LogP contribution is 2.30. The average Bonchev–Trinajstić information content (AvgIpc) is 3.35. The van der Waals surface area contributed by atoms with E-state index in [1.807, 2.05) is 25.1 Å². The van der Waals surface area contributed by atoms with Gasteiger partial charge in [0.2, 0.25) is 6.10 Å². The highest BCUT2D eigenvalue weighted by Gasteiger charge is 2.28. The minimum atomic E-state index is -4.09. The Morgan fingerprint density at radius 3 is 2.30 bits per heavy atom. The van der Waals surface area contributed by atoms with Crippen molar-refractivity contribution in [2.45, 2.75) is 64.5 Å². The van der Waals surface area contributed by atoms with Gasteiger partial charge in [-0.3, -0.25) is 4.79 Å². The smallest absolute Gasteiger partial charge is 0.279 e. The highest BCUT2D eigenvalue weighted by molar-refractivity contribution is 7.90. The summed E-state index contributed by atoms with van der Waals surface area (Å²) in [4.78, 5) is 23.2. The predicted molar refractivity (Wildman–Crippen MR) is 168 cm³/mol. The van der Waals surface area contributed by atoms with E-state index >= 15 is 0 Å². The van der Waals surface area contributed by atoms with Crippen LogP contribution < -0.4 is 9.46 Å². The minimum absolute atomic E-state index is 0.00420. The Morgan fingerprint density at radius 2 is 1.63 bits per heavy atom. The number of nitrogens with one attached hydrogen (secondary N) is 1. The Kier molecular flexibility index (Phi) is 8.92. The molecule has 0 radical (unpaired) electrons. The van der Waals surface area contributed by atoms with Gasteiger partial charge in [0, 0.05) is 17.7 Å². The summed E-state index contributed by atoms with van der Waals surface area (Å²) in [5.41, 5.74) is 6.37. The van der Waals surface area contributed by atoms with E-state index in [4.69, 9.17) is 14.7 Å². The van der Waals surface area contributed by atoms with Crippen molar-refractivity contribution in [2.75, 3.05) is 0 Å². The monoisotopic (exact) mass is 596 g/mol. The molecule has 1 N–H and O–H groups in total. The van der Waals surface area contributed by atoms with E-state index in [0.717, 1.165) is 58.6 Å². The van der Waals surface area contributed by atoms with Crippen LogP contribution in [-0.4, -0.2) is 28.9 Å². The summed E-state index contributed by atoms with van der Waals surface area (Å²) in [6, 6.07) is 24.7. The molecule has 3 aromatic carbocycles. The first-order valence-corrected chi connectivity index (χ1v) is 16.0. The molecule has 222 valence electrons. The number of ether oxygens (including phenoxy) is 1. The van der Waals surface area contributed by atoms with Crippen molar-refractivity contribution in [3.63, 3.8) is 0 Å². The molecular weight excluding hydrogens is 560 g/mol. The van der Waals surface area contributed by atoms with Crippen LogP contribution in [0.1, 0.15) is 60.1 Å². The first-order valence-electron chi connectivity index (χ1n) is 14.5. The first kappa shape index (κ1) is 30.0. The number of aryl methyl sites for hydroxylation is 4. The lowest BCUT2D eigenvalue weighted by Crippen LogP contribution is -2.37.